The van der Waals surface area contributed by atoms with Crippen molar-refractivity contribution < 1.29 is 0 Å². The summed E-state index contributed by atoms with van der Waals surface area (Å²) in [5, 5.41) is 0.123. The molecule has 1 aliphatic carbocycles. The van der Waals surface area contributed by atoms with Crippen molar-refractivity contribution in [3.05, 3.63) is 23.8 Å². The van der Waals surface area contributed by atoms with Crippen molar-refractivity contribution in [2.75, 3.05) is 0 Å². The van der Waals surface area contributed by atoms with Gasteiger partial charge in [0.2, 0.25) is 0 Å². The van der Waals surface area contributed by atoms with Crippen LogP contribution in [-0.4, -0.2) is 10.2 Å². The van der Waals surface area contributed by atoms with Crippen LogP contribution in [0.4, 0.5) is 0 Å². The molecule has 0 aliphatic heterocycles. The monoisotopic (exact) mass is 282 g/mol. The fraction of sp³-hybridized carbons (Fsp3) is 0.600. The third-order valence-electron chi connectivity index (χ3n) is 2.62. The van der Waals surface area contributed by atoms with E-state index in [1.807, 2.05) is 6.08 Å². The predicted molar refractivity (Wildman–Crippen MR) is 63.8 cm³/mol. The molecule has 0 aromatic carbocycles. The first kappa shape index (κ1) is 11.6. The summed E-state index contributed by atoms with van der Waals surface area (Å²) in [6, 6.07) is 0. The lowest BCUT2D eigenvalue weighted by molar-refractivity contribution is 0.352. The van der Waals surface area contributed by atoms with Crippen LogP contribution in [0.15, 0.2) is 23.8 Å². The second kappa shape index (κ2) is 4.37. The van der Waals surface area contributed by atoms with Crippen LogP contribution in [0.1, 0.15) is 19.8 Å². The Morgan fingerprint density at radius 2 is 2.31 bits per heavy atom. The molecule has 0 spiro atoms. The lowest BCUT2D eigenvalue weighted by Crippen LogP contribution is -2.35. The molecule has 1 fully saturated rings. The zero-order valence-corrected chi connectivity index (χ0v) is 10.7. The van der Waals surface area contributed by atoms with Crippen LogP contribution in [-0.2, 0) is 0 Å². The number of rotatable bonds is 1. The summed E-state index contributed by atoms with van der Waals surface area (Å²) in [6.07, 6.45) is 3.79. The van der Waals surface area contributed by atoms with Crippen LogP contribution in [0.5, 0.6) is 0 Å². The topological polar surface area (TPSA) is 0 Å². The summed E-state index contributed by atoms with van der Waals surface area (Å²) in [4.78, 5) is 0.354. The van der Waals surface area contributed by atoms with Crippen molar-refractivity contribution in [2.24, 2.45) is 5.41 Å². The van der Waals surface area contributed by atoms with Gasteiger partial charge >= 0.3 is 0 Å². The van der Waals surface area contributed by atoms with Gasteiger partial charge in [0.25, 0.3) is 0 Å². The van der Waals surface area contributed by atoms with E-state index >= 15 is 0 Å². The van der Waals surface area contributed by atoms with Gasteiger partial charge in [0.1, 0.15) is 0 Å². The van der Waals surface area contributed by atoms with Gasteiger partial charge in [0, 0.05) is 21.2 Å². The molecule has 1 aliphatic rings. The van der Waals surface area contributed by atoms with Crippen LogP contribution in [0, 0.1) is 5.41 Å². The summed E-state index contributed by atoms with van der Waals surface area (Å²) in [5.41, 5.74) is 2.72. The first-order chi connectivity index (χ1) is 5.99. The third kappa shape index (κ3) is 2.51. The molecule has 1 rings (SSSR count). The summed E-state index contributed by atoms with van der Waals surface area (Å²) < 4.78 is 0. The summed E-state index contributed by atoms with van der Waals surface area (Å²) in [7, 11) is 0. The Bertz CT molecular complexity index is 237. The van der Waals surface area contributed by atoms with Gasteiger partial charge < -0.3 is 0 Å². The maximum Gasteiger partial charge on any atom is 0.0441 e. The maximum absolute atomic E-state index is 6.28. The Morgan fingerprint density at radius 1 is 1.69 bits per heavy atom. The van der Waals surface area contributed by atoms with E-state index in [1.54, 1.807) is 5.54 Å². The van der Waals surface area contributed by atoms with Crippen LogP contribution in [0.3, 0.4) is 0 Å². The molecule has 0 saturated heterocycles. The fourth-order valence-corrected chi connectivity index (χ4v) is 3.00. The molecule has 0 bridgehead atoms. The minimum Gasteiger partial charge on any atom is -0.122 e. The smallest absolute Gasteiger partial charge is 0.0441 e. The molecule has 1 saturated carbocycles. The number of alkyl halides is 2. The van der Waals surface area contributed by atoms with Gasteiger partial charge in [-0.2, -0.15) is 0 Å². The standard InChI is InChI=1S/C10H13BrCl2/c1-7-6-10(2,3-4-12)9(13)5-8(7)11/h3-4,8-9H,1,5-6H2,2H3/b4-3+/t8-,9+,10-/m1/s1. The quantitative estimate of drug-likeness (QED) is 0.492. The molecular weight excluding hydrogens is 271 g/mol. The van der Waals surface area contributed by atoms with E-state index < -0.39 is 0 Å². The molecule has 0 amide bonds. The highest BCUT2D eigenvalue weighted by Crippen LogP contribution is 2.45. The van der Waals surface area contributed by atoms with Gasteiger partial charge in [0.15, 0.2) is 0 Å². The lowest BCUT2D eigenvalue weighted by Gasteiger charge is -2.39. The minimum atomic E-state index is -0.0370. The lowest BCUT2D eigenvalue weighted by atomic mass is 9.73. The van der Waals surface area contributed by atoms with Crippen molar-refractivity contribution in [3.8, 4) is 0 Å². The Kier molecular flexibility index (Phi) is 3.91. The first-order valence-corrected chi connectivity index (χ1v) is 6.02. The molecule has 0 radical (unpaired) electrons. The summed E-state index contributed by atoms with van der Waals surface area (Å²) >= 11 is 15.4. The molecule has 0 nitrogen and oxygen atoms in total. The third-order valence-corrected chi connectivity index (χ3v) is 4.45. The second-order valence-corrected chi connectivity index (χ2v) is 5.69. The molecule has 0 N–H and O–H groups in total. The van der Waals surface area contributed by atoms with Crippen molar-refractivity contribution in [3.63, 3.8) is 0 Å². The molecule has 13 heavy (non-hydrogen) atoms. The Labute approximate surface area is 98.1 Å². The number of halogens is 3. The van der Waals surface area contributed by atoms with Crippen molar-refractivity contribution in [2.45, 2.75) is 30.0 Å². The molecule has 0 aromatic rings. The molecule has 0 unspecified atom stereocenters. The largest absolute Gasteiger partial charge is 0.122 e. The number of hydrogen-bond acceptors (Lipinski definition) is 0. The molecule has 3 heteroatoms. The fourth-order valence-electron chi connectivity index (χ4n) is 1.64. The van der Waals surface area contributed by atoms with Gasteiger partial charge in [-0.15, -0.1) is 11.6 Å². The predicted octanol–water partition coefficient (Wildman–Crippen LogP) is 4.47. The maximum atomic E-state index is 6.28. The molecule has 74 valence electrons. The Morgan fingerprint density at radius 3 is 2.85 bits per heavy atom. The van der Waals surface area contributed by atoms with Crippen LogP contribution in [0.25, 0.3) is 0 Å². The highest BCUT2D eigenvalue weighted by molar-refractivity contribution is 9.09. The van der Waals surface area contributed by atoms with E-state index in [4.69, 9.17) is 23.2 Å². The van der Waals surface area contributed by atoms with Crippen LogP contribution >= 0.6 is 39.1 Å². The van der Waals surface area contributed by atoms with Crippen molar-refractivity contribution >= 4 is 39.1 Å². The van der Waals surface area contributed by atoms with E-state index in [1.165, 1.54) is 5.57 Å². The normalized spacial score (nSPS) is 41.4. The number of hydrogen-bond donors (Lipinski definition) is 0. The molecular formula is C10H13BrCl2. The highest BCUT2D eigenvalue weighted by Gasteiger charge is 2.38. The Hall–Kier alpha value is 0.540. The average molecular weight is 284 g/mol. The van der Waals surface area contributed by atoms with Gasteiger partial charge in [-0.25, -0.2) is 0 Å². The van der Waals surface area contributed by atoms with E-state index in [0.29, 0.717) is 4.83 Å². The van der Waals surface area contributed by atoms with E-state index in [0.717, 1.165) is 12.8 Å². The average Bonchev–Trinajstić information content (AvgIpc) is 2.02. The summed E-state index contributed by atoms with van der Waals surface area (Å²) in [5.74, 6) is 0. The SMILES string of the molecule is C=C1C[C@@](C)(/C=C/Cl)[C@@H](Cl)C[C@H]1Br. The van der Waals surface area contributed by atoms with Crippen molar-refractivity contribution in [1.82, 2.24) is 0 Å². The van der Waals surface area contributed by atoms with Gasteiger partial charge in [-0.1, -0.05) is 52.7 Å². The van der Waals surface area contributed by atoms with E-state index in [9.17, 15) is 0 Å². The van der Waals surface area contributed by atoms with Crippen LogP contribution < -0.4 is 0 Å². The van der Waals surface area contributed by atoms with Crippen molar-refractivity contribution in [1.29, 1.82) is 0 Å². The van der Waals surface area contributed by atoms with E-state index in [-0.39, 0.29) is 10.8 Å². The molecule has 0 heterocycles. The molecule has 3 atom stereocenters. The van der Waals surface area contributed by atoms with Gasteiger partial charge in [0.05, 0.1) is 0 Å². The van der Waals surface area contributed by atoms with Crippen LogP contribution in [0.2, 0.25) is 0 Å². The zero-order chi connectivity index (χ0) is 10.1. The van der Waals surface area contributed by atoms with Gasteiger partial charge in [-0.05, 0) is 12.8 Å². The Balaban J connectivity index is 2.82. The van der Waals surface area contributed by atoms with Gasteiger partial charge in [-0.3, -0.25) is 0 Å². The highest BCUT2D eigenvalue weighted by atomic mass is 79.9. The first-order valence-electron chi connectivity index (χ1n) is 4.23. The minimum absolute atomic E-state index is 0.0370. The second-order valence-electron chi connectivity index (χ2n) is 3.80. The summed E-state index contributed by atoms with van der Waals surface area (Å²) in [6.45, 7) is 6.14. The van der Waals surface area contributed by atoms with E-state index in [2.05, 4.69) is 29.4 Å². The molecule has 0 aromatic heterocycles. The number of allylic oxidation sites excluding steroid dienone is 2. The zero-order valence-electron chi connectivity index (χ0n) is 7.56.